The van der Waals surface area contributed by atoms with E-state index in [0.29, 0.717) is 19.6 Å². The van der Waals surface area contributed by atoms with Gasteiger partial charge >= 0.3 is 4.87 Å². The molecule has 0 amide bonds. The van der Waals surface area contributed by atoms with Crippen molar-refractivity contribution >= 4 is 21.6 Å². The molecule has 0 radical (unpaired) electrons. The zero-order chi connectivity index (χ0) is 22.3. The molecule has 7 heteroatoms. The molecular weight excluding hydrogens is 422 g/mol. The van der Waals surface area contributed by atoms with Crippen LogP contribution in [0.15, 0.2) is 82.8 Å². The summed E-state index contributed by atoms with van der Waals surface area (Å²) in [5, 5.41) is 12.0. The molecule has 1 unspecified atom stereocenters. The van der Waals surface area contributed by atoms with Crippen LogP contribution in [-0.2, 0) is 13.0 Å². The number of thiazole rings is 1. The second-order valence-corrected chi connectivity index (χ2v) is 8.31. The molecule has 4 rings (SSSR count). The Morgan fingerprint density at radius 2 is 1.81 bits per heavy atom. The van der Waals surface area contributed by atoms with Crippen molar-refractivity contribution < 1.29 is 4.74 Å². The highest BCUT2D eigenvalue weighted by Gasteiger charge is 2.17. The SMILES string of the molecule is N#CCCc1ccc(OCCn2c(=O)sc3cc(C(N=O)c4ccccc4)ccc32)cc1. The molecule has 1 aromatic heterocycles. The Bertz CT molecular complexity index is 1300. The first-order valence-electron chi connectivity index (χ1n) is 10.3. The highest BCUT2D eigenvalue weighted by atomic mass is 32.1. The largest absolute Gasteiger partial charge is 0.492 e. The third kappa shape index (κ3) is 4.76. The lowest BCUT2D eigenvalue weighted by Gasteiger charge is -2.11. The minimum atomic E-state index is -0.606. The van der Waals surface area contributed by atoms with E-state index in [1.807, 2.05) is 72.8 Å². The fourth-order valence-corrected chi connectivity index (χ4v) is 4.59. The van der Waals surface area contributed by atoms with Gasteiger partial charge in [0.25, 0.3) is 0 Å². The predicted molar refractivity (Wildman–Crippen MR) is 126 cm³/mol. The molecule has 0 spiro atoms. The number of nitrogens with zero attached hydrogens (tertiary/aromatic N) is 3. The molecule has 160 valence electrons. The first-order valence-corrected chi connectivity index (χ1v) is 11.1. The highest BCUT2D eigenvalue weighted by Crippen LogP contribution is 2.29. The first-order chi connectivity index (χ1) is 15.7. The molecule has 0 saturated heterocycles. The van der Waals surface area contributed by atoms with Crippen LogP contribution in [0.2, 0.25) is 0 Å². The summed E-state index contributed by atoms with van der Waals surface area (Å²) in [6.45, 7) is 0.774. The molecule has 32 heavy (non-hydrogen) atoms. The number of hydrogen-bond acceptors (Lipinski definition) is 6. The van der Waals surface area contributed by atoms with Crippen LogP contribution >= 0.6 is 11.3 Å². The fourth-order valence-electron chi connectivity index (χ4n) is 3.62. The van der Waals surface area contributed by atoms with Gasteiger partial charge in [0.05, 0.1) is 22.8 Å². The smallest absolute Gasteiger partial charge is 0.308 e. The van der Waals surface area contributed by atoms with Gasteiger partial charge in [-0.3, -0.25) is 9.36 Å². The van der Waals surface area contributed by atoms with E-state index >= 15 is 0 Å². The van der Waals surface area contributed by atoms with E-state index in [-0.39, 0.29) is 4.87 Å². The van der Waals surface area contributed by atoms with Crippen molar-refractivity contribution in [2.24, 2.45) is 5.18 Å². The molecule has 0 fully saturated rings. The lowest BCUT2D eigenvalue weighted by atomic mass is 9.99. The second kappa shape index (κ2) is 10.0. The topological polar surface area (TPSA) is 84.4 Å². The number of aromatic nitrogens is 1. The normalized spacial score (nSPS) is 11.7. The van der Waals surface area contributed by atoms with Gasteiger partial charge in [0.1, 0.15) is 18.4 Å². The van der Waals surface area contributed by atoms with Crippen LogP contribution < -0.4 is 9.61 Å². The summed E-state index contributed by atoms with van der Waals surface area (Å²) in [6, 6.07) is 24.2. The minimum Gasteiger partial charge on any atom is -0.492 e. The summed E-state index contributed by atoms with van der Waals surface area (Å²) in [4.78, 5) is 24.0. The monoisotopic (exact) mass is 443 g/mol. The van der Waals surface area contributed by atoms with E-state index in [1.54, 1.807) is 4.57 Å². The van der Waals surface area contributed by atoms with E-state index in [4.69, 9.17) is 10.00 Å². The first kappa shape index (κ1) is 21.5. The number of fused-ring (bicyclic) bond motifs is 1. The maximum absolute atomic E-state index is 12.6. The number of nitroso groups, excluding NO2 is 1. The van der Waals surface area contributed by atoms with Gasteiger partial charge in [0, 0.05) is 6.42 Å². The molecule has 6 nitrogen and oxygen atoms in total. The van der Waals surface area contributed by atoms with Crippen molar-refractivity contribution in [3.8, 4) is 11.8 Å². The minimum absolute atomic E-state index is 0.0667. The van der Waals surface area contributed by atoms with E-state index in [9.17, 15) is 9.70 Å². The average molecular weight is 444 g/mol. The molecule has 3 aromatic carbocycles. The summed E-state index contributed by atoms with van der Waals surface area (Å²) in [7, 11) is 0. The van der Waals surface area contributed by atoms with Crippen molar-refractivity contribution in [3.05, 3.63) is 104 Å². The van der Waals surface area contributed by atoms with Gasteiger partial charge in [-0.1, -0.05) is 65.0 Å². The van der Waals surface area contributed by atoms with Gasteiger partial charge in [0.2, 0.25) is 0 Å². The summed E-state index contributed by atoms with van der Waals surface area (Å²) in [6.07, 6.45) is 1.21. The Balaban J connectivity index is 1.47. The summed E-state index contributed by atoms with van der Waals surface area (Å²) in [5.74, 6) is 0.725. The van der Waals surface area contributed by atoms with Crippen molar-refractivity contribution in [3.63, 3.8) is 0 Å². The van der Waals surface area contributed by atoms with Gasteiger partial charge in [-0.25, -0.2) is 0 Å². The second-order valence-electron chi connectivity index (χ2n) is 7.32. The van der Waals surface area contributed by atoms with E-state index in [2.05, 4.69) is 11.2 Å². The fraction of sp³-hybridized carbons (Fsp3) is 0.200. The summed E-state index contributed by atoms with van der Waals surface area (Å²) >= 11 is 1.15. The van der Waals surface area contributed by atoms with Gasteiger partial charge in [-0.05, 0) is 47.4 Å². The summed E-state index contributed by atoms with van der Waals surface area (Å²) < 4.78 is 8.31. The standard InChI is InChI=1S/C25H21N3O3S/c26-14-4-5-18-8-11-21(12-9-18)31-16-15-28-22-13-10-20(17-23(22)32-25(28)29)24(27-30)19-6-2-1-3-7-19/h1-3,6-13,17,24H,4-5,15-16H2. The molecule has 1 atom stereocenters. The number of hydrogen-bond donors (Lipinski definition) is 0. The maximum atomic E-state index is 12.6. The van der Waals surface area contributed by atoms with Crippen LogP contribution in [0.5, 0.6) is 5.75 Å². The van der Waals surface area contributed by atoms with Gasteiger partial charge < -0.3 is 4.74 Å². The Labute approximate surface area is 189 Å². The number of aryl methyl sites for hydroxylation is 1. The van der Waals surface area contributed by atoms with E-state index in [0.717, 1.165) is 50.4 Å². The molecular formula is C25H21N3O3S. The third-order valence-electron chi connectivity index (χ3n) is 5.26. The van der Waals surface area contributed by atoms with Crippen molar-refractivity contribution in [1.82, 2.24) is 4.57 Å². The van der Waals surface area contributed by atoms with Gasteiger partial charge in [-0.15, -0.1) is 4.91 Å². The van der Waals surface area contributed by atoms with E-state index in [1.165, 1.54) is 0 Å². The highest BCUT2D eigenvalue weighted by molar-refractivity contribution is 7.16. The predicted octanol–water partition coefficient (Wildman–Crippen LogP) is 5.45. The molecule has 0 bridgehead atoms. The number of nitriles is 1. The van der Waals surface area contributed by atoms with Crippen molar-refractivity contribution in [2.75, 3.05) is 6.61 Å². The van der Waals surface area contributed by atoms with Crippen LogP contribution in [0.25, 0.3) is 10.2 Å². The van der Waals surface area contributed by atoms with Crippen molar-refractivity contribution in [1.29, 1.82) is 5.26 Å². The Morgan fingerprint density at radius 1 is 1.03 bits per heavy atom. The molecule has 1 heterocycles. The Morgan fingerprint density at radius 3 is 2.53 bits per heavy atom. The molecule has 0 N–H and O–H groups in total. The third-order valence-corrected chi connectivity index (χ3v) is 6.20. The molecule has 0 aliphatic rings. The molecule has 0 saturated carbocycles. The number of rotatable bonds is 9. The lowest BCUT2D eigenvalue weighted by Crippen LogP contribution is -2.17. The molecule has 4 aromatic rings. The zero-order valence-corrected chi connectivity index (χ0v) is 18.1. The van der Waals surface area contributed by atoms with Crippen LogP contribution in [0.1, 0.15) is 29.2 Å². The lowest BCUT2D eigenvalue weighted by molar-refractivity contribution is 0.299. The Kier molecular flexibility index (Phi) is 6.73. The molecule has 0 aliphatic heterocycles. The van der Waals surface area contributed by atoms with E-state index < -0.39 is 6.04 Å². The zero-order valence-electron chi connectivity index (χ0n) is 17.3. The maximum Gasteiger partial charge on any atom is 0.308 e. The van der Waals surface area contributed by atoms with Crippen LogP contribution in [-0.4, -0.2) is 11.2 Å². The Hall–Kier alpha value is -3.76. The quantitative estimate of drug-likeness (QED) is 0.322. The summed E-state index contributed by atoms with van der Waals surface area (Å²) in [5.41, 5.74) is 3.49. The number of ether oxygens (including phenoxy) is 1. The van der Waals surface area contributed by atoms with Crippen LogP contribution in [0.3, 0.4) is 0 Å². The number of benzene rings is 3. The average Bonchev–Trinajstić information content (AvgIpc) is 3.14. The van der Waals surface area contributed by atoms with Gasteiger partial charge in [0.15, 0.2) is 0 Å². The van der Waals surface area contributed by atoms with Gasteiger partial charge in [-0.2, -0.15) is 5.26 Å². The molecule has 0 aliphatic carbocycles. The van der Waals surface area contributed by atoms with Crippen LogP contribution in [0.4, 0.5) is 0 Å². The van der Waals surface area contributed by atoms with Crippen molar-refractivity contribution in [2.45, 2.75) is 25.4 Å². The van der Waals surface area contributed by atoms with Crippen LogP contribution in [0, 0.1) is 16.2 Å².